The molecule has 2 saturated heterocycles. The van der Waals surface area contributed by atoms with E-state index in [1.165, 1.54) is 27.9 Å². The minimum absolute atomic E-state index is 0.0875. The molecule has 0 saturated carbocycles. The Bertz CT molecular complexity index is 1030. The smallest absolute Gasteiger partial charge is 0.330 e. The van der Waals surface area contributed by atoms with Crippen LogP contribution >= 0.6 is 0 Å². The van der Waals surface area contributed by atoms with E-state index in [2.05, 4.69) is 6.58 Å². The second kappa shape index (κ2) is 15.8. The minimum Gasteiger partial charge on any atom is -0.459 e. The fraction of sp³-hybridized carbons (Fsp3) is 0.848. The van der Waals surface area contributed by atoms with Crippen LogP contribution in [0.2, 0.25) is 0 Å². The Morgan fingerprint density at radius 2 is 1.71 bits per heavy atom. The van der Waals surface area contributed by atoms with E-state index < -0.39 is 83.6 Å². The third kappa shape index (κ3) is 8.71. The molecule has 2 fully saturated rings. The Morgan fingerprint density at radius 3 is 2.22 bits per heavy atom. The molecule has 14 atom stereocenters. The quantitative estimate of drug-likeness (QED) is 0.275. The number of methoxy groups -OCH3 is 1. The highest BCUT2D eigenvalue weighted by atomic mass is 16.7. The third-order valence-electron chi connectivity index (χ3n) is 9.90. The molecule has 0 spiro atoms. The van der Waals surface area contributed by atoms with Crippen LogP contribution < -0.4 is 0 Å². The molecule has 12 nitrogen and oxygen atoms in total. The summed E-state index contributed by atoms with van der Waals surface area (Å²) in [7, 11) is 5.17. The van der Waals surface area contributed by atoms with Gasteiger partial charge in [-0.2, -0.15) is 0 Å². The van der Waals surface area contributed by atoms with Gasteiger partial charge in [0.05, 0.1) is 29.8 Å². The zero-order chi connectivity index (χ0) is 34.6. The monoisotopic (exact) mass is 643 g/mol. The lowest BCUT2D eigenvalue weighted by Gasteiger charge is -2.48. The fourth-order valence-electron chi connectivity index (χ4n) is 6.97. The van der Waals surface area contributed by atoms with Gasteiger partial charge < -0.3 is 43.9 Å². The number of likely N-dealkylation sites (N-methyl/N-ethyl adjacent to an activating group) is 1. The van der Waals surface area contributed by atoms with E-state index in [9.17, 15) is 29.7 Å². The van der Waals surface area contributed by atoms with Gasteiger partial charge in [0, 0.05) is 37.0 Å². The van der Waals surface area contributed by atoms with Crippen LogP contribution in [-0.4, -0.2) is 119 Å². The Balaban J connectivity index is 2.76. The molecule has 0 radical (unpaired) electrons. The first-order valence-electron chi connectivity index (χ1n) is 15.9. The highest BCUT2D eigenvalue weighted by molar-refractivity contribution is 5.84. The van der Waals surface area contributed by atoms with Crippen molar-refractivity contribution in [3.05, 3.63) is 12.7 Å². The Kier molecular flexibility index (Phi) is 13.8. The number of esters is 2. The van der Waals surface area contributed by atoms with Gasteiger partial charge in [-0.15, -0.1) is 0 Å². The summed E-state index contributed by atoms with van der Waals surface area (Å²) in [6.07, 6.45) is -5.57. The number of carbonyl (C=O) groups is 3. The second-order valence-electron chi connectivity index (χ2n) is 13.7. The molecular formula is C33H57NO11. The van der Waals surface area contributed by atoms with Gasteiger partial charge in [0.15, 0.2) is 6.29 Å². The summed E-state index contributed by atoms with van der Waals surface area (Å²) in [5.41, 5.74) is -3.23. The molecule has 2 aliphatic rings. The zero-order valence-corrected chi connectivity index (χ0v) is 28.9. The van der Waals surface area contributed by atoms with Crippen molar-refractivity contribution in [1.29, 1.82) is 0 Å². The molecule has 0 unspecified atom stereocenters. The predicted octanol–water partition coefficient (Wildman–Crippen LogP) is 2.25. The van der Waals surface area contributed by atoms with Gasteiger partial charge in [0.2, 0.25) is 0 Å². The highest BCUT2D eigenvalue weighted by Crippen LogP contribution is 2.40. The van der Waals surface area contributed by atoms with Crippen molar-refractivity contribution < 1.29 is 53.4 Å². The maximum atomic E-state index is 13.7. The van der Waals surface area contributed by atoms with Crippen molar-refractivity contribution in [3.63, 3.8) is 0 Å². The van der Waals surface area contributed by atoms with Crippen LogP contribution in [0.4, 0.5) is 0 Å². The molecule has 0 aromatic rings. The molecule has 0 aromatic heterocycles. The van der Waals surface area contributed by atoms with Crippen molar-refractivity contribution in [2.75, 3.05) is 21.2 Å². The molecule has 260 valence electrons. The van der Waals surface area contributed by atoms with Crippen LogP contribution in [0.1, 0.15) is 74.7 Å². The third-order valence-corrected chi connectivity index (χ3v) is 9.90. The largest absolute Gasteiger partial charge is 0.459 e. The Labute approximate surface area is 268 Å². The lowest BCUT2D eigenvalue weighted by molar-refractivity contribution is -0.301. The predicted molar refractivity (Wildman–Crippen MR) is 166 cm³/mol. The van der Waals surface area contributed by atoms with Gasteiger partial charge in [0.1, 0.15) is 29.7 Å². The first-order chi connectivity index (χ1) is 20.8. The van der Waals surface area contributed by atoms with Gasteiger partial charge in [-0.25, -0.2) is 4.79 Å². The molecule has 0 amide bonds. The second-order valence-corrected chi connectivity index (χ2v) is 13.7. The lowest BCUT2D eigenvalue weighted by atomic mass is 9.74. The minimum atomic E-state index is -1.97. The molecular weight excluding hydrogens is 586 g/mol. The Hall–Kier alpha value is -1.93. The van der Waals surface area contributed by atoms with Gasteiger partial charge in [-0.05, 0) is 61.1 Å². The molecule has 2 heterocycles. The molecule has 0 bridgehead atoms. The SMILES string of the molecule is C=CC(=O)O[C@H]1[C@H](C)[C@@H](O[C@@H]2O[C@H](C)C[C@H](N(C)C)[C@H]2O)[C@](C)(OC)C[C@@H](C)C(=O)[C@H](C)[C@@H](O)[C@](C)(O)[C@@H](CC)OC(=O)[C@@H]1C. The number of Topliss-reactive ketones (excluding diaryl/α,β-unsaturated/α-hetero) is 1. The number of hydrogen-bond acceptors (Lipinski definition) is 12. The number of carbonyl (C=O) groups excluding carboxylic acids is 3. The van der Waals surface area contributed by atoms with Gasteiger partial charge in [0.25, 0.3) is 0 Å². The van der Waals surface area contributed by atoms with Crippen LogP contribution in [0.5, 0.6) is 0 Å². The first kappa shape index (κ1) is 39.2. The Morgan fingerprint density at radius 1 is 1.11 bits per heavy atom. The van der Waals surface area contributed by atoms with Gasteiger partial charge in [-0.1, -0.05) is 34.3 Å². The summed E-state index contributed by atoms with van der Waals surface area (Å²) in [6.45, 7) is 16.6. The number of nitrogens with zero attached hydrogens (tertiary/aromatic N) is 1. The molecule has 0 aliphatic carbocycles. The number of aliphatic hydroxyl groups excluding tert-OH is 2. The van der Waals surface area contributed by atoms with E-state index in [0.717, 1.165) is 6.08 Å². The number of aliphatic hydroxyl groups is 3. The van der Waals surface area contributed by atoms with Crippen LogP contribution in [0.15, 0.2) is 12.7 Å². The average Bonchev–Trinajstić information content (AvgIpc) is 2.99. The van der Waals surface area contributed by atoms with Crippen molar-refractivity contribution >= 4 is 17.7 Å². The number of ether oxygens (including phenoxy) is 5. The van der Waals surface area contributed by atoms with E-state index in [1.54, 1.807) is 27.7 Å². The van der Waals surface area contributed by atoms with E-state index in [4.69, 9.17) is 23.7 Å². The number of ketones is 1. The van der Waals surface area contributed by atoms with Crippen molar-refractivity contribution in [1.82, 2.24) is 4.90 Å². The summed E-state index contributed by atoms with van der Waals surface area (Å²) in [6, 6.07) is -0.286. The maximum Gasteiger partial charge on any atom is 0.330 e. The highest BCUT2D eigenvalue weighted by Gasteiger charge is 2.52. The summed E-state index contributed by atoms with van der Waals surface area (Å²) in [4.78, 5) is 41.9. The van der Waals surface area contributed by atoms with Crippen LogP contribution in [0, 0.1) is 23.7 Å². The summed E-state index contributed by atoms with van der Waals surface area (Å²) >= 11 is 0. The molecule has 45 heavy (non-hydrogen) atoms. The first-order valence-corrected chi connectivity index (χ1v) is 15.9. The van der Waals surface area contributed by atoms with E-state index in [-0.39, 0.29) is 30.8 Å². The average molecular weight is 644 g/mol. The van der Waals surface area contributed by atoms with Crippen LogP contribution in [-0.2, 0) is 38.1 Å². The number of hydrogen-bond donors (Lipinski definition) is 3. The molecule has 2 aliphatic heterocycles. The van der Waals surface area contributed by atoms with Gasteiger partial charge in [-0.3, -0.25) is 9.59 Å². The zero-order valence-electron chi connectivity index (χ0n) is 28.9. The number of cyclic esters (lactones) is 1. The van der Waals surface area contributed by atoms with E-state index in [0.29, 0.717) is 6.42 Å². The van der Waals surface area contributed by atoms with Crippen molar-refractivity contribution in [3.8, 4) is 0 Å². The summed E-state index contributed by atoms with van der Waals surface area (Å²) in [5, 5.41) is 34.0. The molecule has 12 heteroatoms. The van der Waals surface area contributed by atoms with Crippen LogP contribution in [0.3, 0.4) is 0 Å². The molecule has 3 N–H and O–H groups in total. The fourth-order valence-corrected chi connectivity index (χ4v) is 6.97. The van der Waals surface area contributed by atoms with E-state index >= 15 is 0 Å². The van der Waals surface area contributed by atoms with Gasteiger partial charge >= 0.3 is 11.9 Å². The molecule has 0 aromatic carbocycles. The summed E-state index contributed by atoms with van der Waals surface area (Å²) < 4.78 is 30.3. The van der Waals surface area contributed by atoms with E-state index in [1.807, 2.05) is 25.9 Å². The normalized spacial score (nSPS) is 44.2. The maximum absolute atomic E-state index is 13.7. The number of rotatable bonds is 7. The van der Waals surface area contributed by atoms with Crippen molar-refractivity contribution in [2.45, 2.75) is 135 Å². The van der Waals surface area contributed by atoms with Crippen molar-refractivity contribution in [2.24, 2.45) is 23.7 Å². The topological polar surface area (TPSA) is 161 Å². The standard InChI is InChI=1S/C33H57NO11/c1-13-23-33(9,40)28(38)19(5)25(36)17(3)16-32(8,41-12)29(45-31-26(37)22(34(10)11)15-18(4)42-31)20(6)27(44-24(35)14-2)21(7)30(39)43-23/h14,17-23,26-29,31,37-38,40H,2,13,15-16H2,1,3-12H3/t17-,18-,19+,20+,21-,22+,23-,26-,27+,28-,29-,31+,32-,33-/m1/s1. The lowest BCUT2D eigenvalue weighted by Crippen LogP contribution is -2.60. The summed E-state index contributed by atoms with van der Waals surface area (Å²) in [5.74, 6) is -5.50. The molecule has 2 rings (SSSR count). The van der Waals surface area contributed by atoms with Crippen LogP contribution in [0.25, 0.3) is 0 Å².